The van der Waals surface area contributed by atoms with Crippen LogP contribution in [0.4, 0.5) is 11.5 Å². The van der Waals surface area contributed by atoms with Crippen molar-refractivity contribution < 1.29 is 4.79 Å². The summed E-state index contributed by atoms with van der Waals surface area (Å²) >= 11 is 0. The normalized spacial score (nSPS) is 10.2. The van der Waals surface area contributed by atoms with Crippen LogP contribution in [0.3, 0.4) is 0 Å². The molecule has 6 heteroatoms. The van der Waals surface area contributed by atoms with Gasteiger partial charge < -0.3 is 15.6 Å². The smallest absolute Gasteiger partial charge is 0.257 e. The molecular weight excluding hydrogens is 244 g/mol. The number of nitrogens with two attached hydrogens (primary N) is 1. The van der Waals surface area contributed by atoms with E-state index in [9.17, 15) is 9.59 Å². The maximum atomic E-state index is 11.9. The molecule has 0 aliphatic heterocycles. The van der Waals surface area contributed by atoms with Gasteiger partial charge in [0, 0.05) is 24.9 Å². The van der Waals surface area contributed by atoms with Crippen LogP contribution in [0.15, 0.2) is 35.4 Å². The lowest BCUT2D eigenvalue weighted by atomic mass is 10.2. The molecule has 3 N–H and O–H groups in total. The van der Waals surface area contributed by atoms with Crippen LogP contribution in [0.25, 0.3) is 0 Å². The molecule has 0 bridgehead atoms. The maximum absolute atomic E-state index is 11.9. The Hall–Kier alpha value is -2.63. The summed E-state index contributed by atoms with van der Waals surface area (Å²) < 4.78 is 1.39. The Morgan fingerprint density at radius 2 is 2.16 bits per heavy atom. The van der Waals surface area contributed by atoms with E-state index in [0.717, 1.165) is 5.56 Å². The highest BCUT2D eigenvalue weighted by Gasteiger charge is 2.08. The second-order valence-electron chi connectivity index (χ2n) is 4.24. The lowest BCUT2D eigenvalue weighted by Crippen LogP contribution is -2.20. The summed E-state index contributed by atoms with van der Waals surface area (Å²) in [6, 6.07) is 4.52. The highest BCUT2D eigenvalue weighted by Crippen LogP contribution is 2.13. The zero-order chi connectivity index (χ0) is 14.0. The molecule has 0 radical (unpaired) electrons. The van der Waals surface area contributed by atoms with Crippen molar-refractivity contribution in [3.63, 3.8) is 0 Å². The molecule has 1 amide bonds. The predicted molar refractivity (Wildman–Crippen MR) is 73.0 cm³/mol. The van der Waals surface area contributed by atoms with Crippen molar-refractivity contribution in [2.75, 3.05) is 11.1 Å². The van der Waals surface area contributed by atoms with Gasteiger partial charge in [-0.1, -0.05) is 0 Å². The Balaban J connectivity index is 2.23. The van der Waals surface area contributed by atoms with Gasteiger partial charge in [-0.05, 0) is 24.6 Å². The van der Waals surface area contributed by atoms with Crippen LogP contribution in [0.2, 0.25) is 0 Å². The number of nitrogens with zero attached hydrogens (tertiary/aromatic N) is 2. The summed E-state index contributed by atoms with van der Waals surface area (Å²) in [6.45, 7) is 1.82. The van der Waals surface area contributed by atoms with Gasteiger partial charge in [-0.2, -0.15) is 0 Å². The van der Waals surface area contributed by atoms with Crippen molar-refractivity contribution in [2.24, 2.45) is 7.05 Å². The van der Waals surface area contributed by atoms with E-state index >= 15 is 0 Å². The van der Waals surface area contributed by atoms with Gasteiger partial charge in [0.15, 0.2) is 0 Å². The summed E-state index contributed by atoms with van der Waals surface area (Å²) in [5.74, 6) is 0.0201. The standard InChI is InChI=1S/C13H14N4O2/c1-8-5-11(15-7-10(8)14)16-13(19)9-3-4-17(2)12(18)6-9/h3-7H,14H2,1-2H3,(H,15,16,19). The zero-order valence-electron chi connectivity index (χ0n) is 10.7. The first-order valence-electron chi connectivity index (χ1n) is 5.67. The molecular formula is C13H14N4O2. The number of hydrogen-bond acceptors (Lipinski definition) is 4. The Morgan fingerprint density at radius 3 is 2.79 bits per heavy atom. The van der Waals surface area contributed by atoms with Crippen molar-refractivity contribution in [2.45, 2.75) is 6.92 Å². The van der Waals surface area contributed by atoms with Gasteiger partial charge in [-0.15, -0.1) is 0 Å². The van der Waals surface area contributed by atoms with E-state index in [-0.39, 0.29) is 11.5 Å². The fraction of sp³-hybridized carbons (Fsp3) is 0.154. The highest BCUT2D eigenvalue weighted by molar-refractivity contribution is 6.03. The van der Waals surface area contributed by atoms with Crippen LogP contribution in [-0.4, -0.2) is 15.5 Å². The number of pyridine rings is 2. The van der Waals surface area contributed by atoms with E-state index in [1.165, 1.54) is 16.8 Å². The molecule has 6 nitrogen and oxygen atoms in total. The van der Waals surface area contributed by atoms with E-state index in [0.29, 0.717) is 17.1 Å². The molecule has 0 unspecified atom stereocenters. The third kappa shape index (κ3) is 2.79. The largest absolute Gasteiger partial charge is 0.397 e. The quantitative estimate of drug-likeness (QED) is 0.838. The Morgan fingerprint density at radius 1 is 1.42 bits per heavy atom. The van der Waals surface area contributed by atoms with Crippen LogP contribution in [0, 0.1) is 6.92 Å². The van der Waals surface area contributed by atoms with Gasteiger partial charge >= 0.3 is 0 Å². The number of aryl methyl sites for hydroxylation is 2. The summed E-state index contributed by atoms with van der Waals surface area (Å²) in [4.78, 5) is 27.4. The third-order valence-corrected chi connectivity index (χ3v) is 2.76. The van der Waals surface area contributed by atoms with E-state index in [1.807, 2.05) is 6.92 Å². The molecule has 19 heavy (non-hydrogen) atoms. The van der Waals surface area contributed by atoms with Crippen molar-refractivity contribution in [3.8, 4) is 0 Å². The second kappa shape index (κ2) is 4.93. The summed E-state index contributed by atoms with van der Waals surface area (Å²) in [6.07, 6.45) is 3.02. The average molecular weight is 258 g/mol. The molecule has 0 aromatic carbocycles. The fourth-order valence-electron chi connectivity index (χ4n) is 1.51. The second-order valence-corrected chi connectivity index (χ2v) is 4.24. The van der Waals surface area contributed by atoms with Gasteiger partial charge in [0.25, 0.3) is 11.5 Å². The molecule has 2 aromatic rings. The molecule has 2 aromatic heterocycles. The number of aromatic nitrogens is 2. The molecule has 0 saturated carbocycles. The zero-order valence-corrected chi connectivity index (χ0v) is 10.7. The molecule has 0 saturated heterocycles. The summed E-state index contributed by atoms with van der Waals surface area (Å²) in [7, 11) is 1.62. The summed E-state index contributed by atoms with van der Waals surface area (Å²) in [5.41, 5.74) is 7.09. The minimum atomic E-state index is -0.380. The predicted octanol–water partition coefficient (Wildman–Crippen LogP) is 0.923. The average Bonchev–Trinajstić information content (AvgIpc) is 2.37. The van der Waals surface area contributed by atoms with Gasteiger partial charge in [0.1, 0.15) is 5.82 Å². The minimum absolute atomic E-state index is 0.242. The summed E-state index contributed by atoms with van der Waals surface area (Å²) in [5, 5.41) is 2.62. The van der Waals surface area contributed by atoms with Crippen LogP contribution in [0.1, 0.15) is 15.9 Å². The molecule has 0 aliphatic rings. The fourth-order valence-corrected chi connectivity index (χ4v) is 1.51. The molecule has 0 spiro atoms. The Bertz CT molecular complexity index is 691. The van der Waals surface area contributed by atoms with Crippen molar-refractivity contribution in [3.05, 3.63) is 52.1 Å². The molecule has 98 valence electrons. The minimum Gasteiger partial charge on any atom is -0.397 e. The molecule has 0 atom stereocenters. The van der Waals surface area contributed by atoms with Gasteiger partial charge in [-0.25, -0.2) is 4.98 Å². The van der Waals surface area contributed by atoms with E-state index in [2.05, 4.69) is 10.3 Å². The van der Waals surface area contributed by atoms with E-state index in [4.69, 9.17) is 5.73 Å². The molecule has 2 heterocycles. The number of carbonyl (C=O) groups excluding carboxylic acids is 1. The topological polar surface area (TPSA) is 90.0 Å². The molecule has 2 rings (SSSR count). The van der Waals surface area contributed by atoms with Crippen LogP contribution in [-0.2, 0) is 7.05 Å². The lowest BCUT2D eigenvalue weighted by molar-refractivity contribution is 0.102. The first-order chi connectivity index (χ1) is 8.97. The number of rotatable bonds is 2. The third-order valence-electron chi connectivity index (χ3n) is 2.76. The SMILES string of the molecule is Cc1cc(NC(=O)c2ccn(C)c(=O)c2)ncc1N. The monoisotopic (exact) mass is 258 g/mol. The number of hydrogen-bond donors (Lipinski definition) is 2. The van der Waals surface area contributed by atoms with Gasteiger partial charge in [0.2, 0.25) is 0 Å². The van der Waals surface area contributed by atoms with Gasteiger partial charge in [0.05, 0.1) is 11.9 Å². The Labute approximate surface area is 109 Å². The molecule has 0 fully saturated rings. The number of nitrogen functional groups attached to an aromatic ring is 1. The molecule has 0 aliphatic carbocycles. The van der Waals surface area contributed by atoms with Crippen LogP contribution < -0.4 is 16.6 Å². The van der Waals surface area contributed by atoms with Gasteiger partial charge in [-0.3, -0.25) is 9.59 Å². The van der Waals surface area contributed by atoms with Crippen molar-refractivity contribution in [1.29, 1.82) is 0 Å². The maximum Gasteiger partial charge on any atom is 0.257 e. The van der Waals surface area contributed by atoms with Crippen LogP contribution >= 0.6 is 0 Å². The number of amides is 1. The van der Waals surface area contributed by atoms with Crippen molar-refractivity contribution >= 4 is 17.4 Å². The van der Waals surface area contributed by atoms with Crippen molar-refractivity contribution in [1.82, 2.24) is 9.55 Å². The van der Waals surface area contributed by atoms with E-state index < -0.39 is 0 Å². The van der Waals surface area contributed by atoms with Crippen LogP contribution in [0.5, 0.6) is 0 Å². The number of carbonyl (C=O) groups is 1. The van der Waals surface area contributed by atoms with E-state index in [1.54, 1.807) is 25.4 Å². The number of nitrogens with one attached hydrogen (secondary N) is 1. The lowest BCUT2D eigenvalue weighted by Gasteiger charge is -2.06. The number of anilines is 2. The first kappa shape index (κ1) is 12.8. The highest BCUT2D eigenvalue weighted by atomic mass is 16.2. The first-order valence-corrected chi connectivity index (χ1v) is 5.67. The Kier molecular flexibility index (Phi) is 3.33.